The molecule has 0 bridgehead atoms. The molecule has 1 aliphatic heterocycles. The summed E-state index contributed by atoms with van der Waals surface area (Å²) >= 11 is 0. The van der Waals surface area contributed by atoms with Gasteiger partial charge in [-0.3, -0.25) is 4.79 Å². The fraction of sp³-hybridized carbons (Fsp3) is 0.559. The van der Waals surface area contributed by atoms with E-state index in [0.29, 0.717) is 25.1 Å². The Hall–Kier alpha value is -3.61. The van der Waals surface area contributed by atoms with Crippen LogP contribution in [0, 0.1) is 0 Å². The van der Waals surface area contributed by atoms with Crippen molar-refractivity contribution in [2.75, 3.05) is 33.3 Å². The number of ether oxygens (including phenoxy) is 1. The minimum atomic E-state index is -5.13. The number of piperidine rings is 1. The number of methoxy groups -OCH3 is 1. The number of likely N-dealkylation sites (tertiary alicyclic amines) is 1. The van der Waals surface area contributed by atoms with Crippen molar-refractivity contribution < 1.29 is 55.1 Å². The summed E-state index contributed by atoms with van der Waals surface area (Å²) in [5, 5.41) is 12.1. The average Bonchev–Trinajstić information content (AvgIpc) is 3.01. The van der Waals surface area contributed by atoms with Crippen LogP contribution in [-0.2, 0) is 33.1 Å². The van der Waals surface area contributed by atoms with Crippen molar-refractivity contribution in [3.63, 3.8) is 0 Å². The number of carbonyl (C=O) groups excluding carboxylic acids is 3. The number of aliphatic carboxylic acids is 1. The van der Waals surface area contributed by atoms with E-state index in [-0.39, 0.29) is 42.9 Å². The third kappa shape index (κ3) is 10.7. The maximum absolute atomic E-state index is 13.8. The second kappa shape index (κ2) is 16.5. The van der Waals surface area contributed by atoms with Crippen molar-refractivity contribution >= 4 is 17.8 Å². The number of alkyl halides is 6. The van der Waals surface area contributed by atoms with Crippen LogP contribution in [0.25, 0.3) is 0 Å². The molecule has 1 amide bonds. The normalized spacial score (nSPS) is 18.4. The van der Waals surface area contributed by atoms with Gasteiger partial charge in [-0.05, 0) is 43.0 Å². The van der Waals surface area contributed by atoms with Crippen molar-refractivity contribution in [1.82, 2.24) is 4.90 Å². The number of hydrogen-bond acceptors (Lipinski definition) is 5. The lowest BCUT2D eigenvalue weighted by Gasteiger charge is -2.50. The molecule has 47 heavy (non-hydrogen) atoms. The molecule has 2 aromatic rings. The molecule has 13 heteroatoms. The SMILES string of the molecule is CCCCCCCC[N+](CC(=O)[O-])(CC(=O)OC)[C@H]1CCN(C(=O)c2cc(C(F)(F)F)cc(C(F)(F)F)c2)[C@H](Cc2ccccc2)C1. The first-order valence-electron chi connectivity index (χ1n) is 15.9. The minimum absolute atomic E-state index is 0.0225. The third-order valence-corrected chi connectivity index (χ3v) is 8.95. The van der Waals surface area contributed by atoms with E-state index in [1.54, 1.807) is 30.3 Å². The first-order valence-corrected chi connectivity index (χ1v) is 15.9. The number of hydrogen-bond donors (Lipinski definition) is 0. The Morgan fingerprint density at radius 2 is 1.49 bits per heavy atom. The molecule has 0 aliphatic carbocycles. The van der Waals surface area contributed by atoms with E-state index in [0.717, 1.165) is 37.7 Å². The average molecular weight is 673 g/mol. The number of nitrogens with zero attached hydrogens (tertiary/aromatic N) is 2. The Kier molecular flexibility index (Phi) is 13.3. The molecule has 7 nitrogen and oxygen atoms in total. The molecule has 1 fully saturated rings. The molecular formula is C34H42F6N2O5. The highest BCUT2D eigenvalue weighted by Crippen LogP contribution is 2.38. The lowest BCUT2D eigenvalue weighted by molar-refractivity contribution is -0.941. The van der Waals surface area contributed by atoms with Gasteiger partial charge in [0.05, 0.1) is 36.8 Å². The molecule has 1 heterocycles. The van der Waals surface area contributed by atoms with E-state index < -0.39 is 65.5 Å². The Labute approximate surface area is 271 Å². The molecule has 0 aromatic heterocycles. The number of benzene rings is 2. The summed E-state index contributed by atoms with van der Waals surface area (Å²) in [7, 11) is 1.20. The van der Waals surface area contributed by atoms with Crippen molar-refractivity contribution in [3.8, 4) is 0 Å². The van der Waals surface area contributed by atoms with Crippen molar-refractivity contribution in [2.24, 2.45) is 0 Å². The van der Waals surface area contributed by atoms with Crippen LogP contribution in [0.1, 0.15) is 85.3 Å². The predicted octanol–water partition coefficient (Wildman–Crippen LogP) is 6.04. The molecule has 1 unspecified atom stereocenters. The summed E-state index contributed by atoms with van der Waals surface area (Å²) in [5.74, 6) is -3.00. The smallest absolute Gasteiger partial charge is 0.416 e. The number of quaternary nitrogens is 1. The summed E-state index contributed by atoms with van der Waals surface area (Å²) in [6.45, 7) is 1.56. The molecule has 0 radical (unpaired) electrons. The Morgan fingerprint density at radius 3 is 2.04 bits per heavy atom. The van der Waals surface area contributed by atoms with Gasteiger partial charge in [-0.2, -0.15) is 26.3 Å². The van der Waals surface area contributed by atoms with Gasteiger partial charge in [0.1, 0.15) is 6.54 Å². The maximum Gasteiger partial charge on any atom is 0.416 e. The van der Waals surface area contributed by atoms with Crippen LogP contribution in [0.2, 0.25) is 0 Å². The molecule has 3 atom stereocenters. The Bertz CT molecular complexity index is 1320. The van der Waals surface area contributed by atoms with E-state index >= 15 is 0 Å². The highest BCUT2D eigenvalue weighted by molar-refractivity contribution is 5.95. The minimum Gasteiger partial charge on any atom is -0.544 e. The van der Waals surface area contributed by atoms with E-state index in [4.69, 9.17) is 4.74 Å². The molecule has 1 aliphatic rings. The van der Waals surface area contributed by atoms with Crippen LogP contribution in [0.3, 0.4) is 0 Å². The fourth-order valence-electron chi connectivity index (χ4n) is 6.56. The molecule has 0 saturated carbocycles. The number of halogens is 6. The lowest BCUT2D eigenvalue weighted by Crippen LogP contribution is -2.66. The van der Waals surface area contributed by atoms with Crippen LogP contribution in [0.5, 0.6) is 0 Å². The zero-order chi connectivity index (χ0) is 34.8. The molecule has 1 saturated heterocycles. The quantitative estimate of drug-likeness (QED) is 0.0997. The second-order valence-corrected chi connectivity index (χ2v) is 12.3. The summed E-state index contributed by atoms with van der Waals surface area (Å²) in [5.41, 5.74) is -3.17. The topological polar surface area (TPSA) is 86.7 Å². The number of carbonyl (C=O) groups is 3. The number of amides is 1. The predicted molar refractivity (Wildman–Crippen MR) is 160 cm³/mol. The summed E-state index contributed by atoms with van der Waals surface area (Å²) < 4.78 is 86.5. The van der Waals surface area contributed by atoms with E-state index in [1.807, 2.05) is 0 Å². The maximum atomic E-state index is 13.8. The first-order chi connectivity index (χ1) is 22.1. The number of unbranched alkanes of at least 4 members (excludes halogenated alkanes) is 5. The van der Waals surface area contributed by atoms with Gasteiger partial charge in [0.15, 0.2) is 6.54 Å². The monoisotopic (exact) mass is 672 g/mol. The molecule has 2 aromatic carbocycles. The van der Waals surface area contributed by atoms with Gasteiger partial charge in [0.25, 0.3) is 5.91 Å². The van der Waals surface area contributed by atoms with Gasteiger partial charge in [-0.1, -0.05) is 62.9 Å². The van der Waals surface area contributed by atoms with Gasteiger partial charge < -0.3 is 24.0 Å². The van der Waals surface area contributed by atoms with Gasteiger partial charge in [0, 0.05) is 31.0 Å². The number of carboxylic acid groups (broad SMARTS) is 1. The summed E-state index contributed by atoms with van der Waals surface area (Å²) in [6.07, 6.45) is -4.29. The van der Waals surface area contributed by atoms with Gasteiger partial charge in [-0.15, -0.1) is 0 Å². The lowest BCUT2D eigenvalue weighted by atomic mass is 9.88. The summed E-state index contributed by atoms with van der Waals surface area (Å²) in [4.78, 5) is 39.9. The van der Waals surface area contributed by atoms with E-state index in [2.05, 4.69) is 6.92 Å². The summed E-state index contributed by atoms with van der Waals surface area (Å²) in [6, 6.07) is 8.47. The van der Waals surface area contributed by atoms with Gasteiger partial charge >= 0.3 is 18.3 Å². The van der Waals surface area contributed by atoms with Gasteiger partial charge in [-0.25, -0.2) is 4.79 Å². The molecule has 260 valence electrons. The van der Waals surface area contributed by atoms with Crippen LogP contribution in [-0.4, -0.2) is 72.6 Å². The van der Waals surface area contributed by atoms with Crippen LogP contribution in [0.15, 0.2) is 48.5 Å². The standard InChI is InChI=1S/C34H42F6N2O5/c1-3-4-5-6-7-11-16-42(22-30(43)44,23-31(45)47-2)29-14-15-41(28(21-29)17-24-12-9-8-10-13-24)32(46)25-18-26(33(35,36)37)20-27(19-25)34(38,39)40/h8-10,12-13,18-20,28-29H,3-7,11,14-17,21-23H2,1-2H3/t28-,29+,42?/m1/s1. The van der Waals surface area contributed by atoms with Crippen molar-refractivity contribution in [2.45, 2.75) is 89.1 Å². The molecular weight excluding hydrogens is 630 g/mol. The zero-order valence-corrected chi connectivity index (χ0v) is 26.7. The van der Waals surface area contributed by atoms with Crippen molar-refractivity contribution in [3.05, 3.63) is 70.8 Å². The fourth-order valence-corrected chi connectivity index (χ4v) is 6.56. The van der Waals surface area contributed by atoms with Crippen LogP contribution >= 0.6 is 0 Å². The molecule has 0 spiro atoms. The van der Waals surface area contributed by atoms with Crippen LogP contribution in [0.4, 0.5) is 26.3 Å². The van der Waals surface area contributed by atoms with Gasteiger partial charge in [0.2, 0.25) is 0 Å². The Balaban J connectivity index is 2.03. The molecule has 3 rings (SSSR count). The molecule has 0 N–H and O–H groups in total. The highest BCUT2D eigenvalue weighted by atomic mass is 19.4. The third-order valence-electron chi connectivity index (χ3n) is 8.95. The van der Waals surface area contributed by atoms with Crippen molar-refractivity contribution in [1.29, 1.82) is 0 Å². The van der Waals surface area contributed by atoms with Crippen LogP contribution < -0.4 is 5.11 Å². The largest absolute Gasteiger partial charge is 0.544 e. The first kappa shape index (κ1) is 37.8. The Morgan fingerprint density at radius 1 is 0.894 bits per heavy atom. The number of carboxylic acids is 1. The van der Waals surface area contributed by atoms with E-state index in [9.17, 15) is 45.8 Å². The second-order valence-electron chi connectivity index (χ2n) is 12.3. The zero-order valence-electron chi connectivity index (χ0n) is 26.7. The highest BCUT2D eigenvalue weighted by Gasteiger charge is 2.45. The number of esters is 1. The number of rotatable bonds is 15. The van der Waals surface area contributed by atoms with E-state index in [1.165, 1.54) is 12.0 Å².